The maximum Gasteiger partial charge on any atom is 0.423 e. The van der Waals surface area contributed by atoms with Crippen molar-refractivity contribution in [1.29, 1.82) is 0 Å². The van der Waals surface area contributed by atoms with Gasteiger partial charge in [-0.1, -0.05) is 12.1 Å². The summed E-state index contributed by atoms with van der Waals surface area (Å²) in [5.41, 5.74) is -3.18. The Labute approximate surface area is 189 Å². The molecule has 1 unspecified atom stereocenters. The maximum absolute atomic E-state index is 13.7. The highest BCUT2D eigenvalue weighted by molar-refractivity contribution is 5.71. The van der Waals surface area contributed by atoms with Gasteiger partial charge in [0.05, 0.1) is 32.1 Å². The molecule has 1 aromatic heterocycles. The summed E-state index contributed by atoms with van der Waals surface area (Å²) in [5.74, 6) is -0.00839. The van der Waals surface area contributed by atoms with Gasteiger partial charge in [0.25, 0.3) is 5.56 Å². The van der Waals surface area contributed by atoms with Gasteiger partial charge in [0.2, 0.25) is 0 Å². The van der Waals surface area contributed by atoms with Crippen LogP contribution in [0.5, 0.6) is 5.75 Å². The van der Waals surface area contributed by atoms with Crippen LogP contribution in [0.2, 0.25) is 0 Å². The second-order valence-corrected chi connectivity index (χ2v) is 8.39. The Morgan fingerprint density at radius 3 is 2.36 bits per heavy atom. The third-order valence-corrected chi connectivity index (χ3v) is 4.23. The second kappa shape index (κ2) is 10.7. The molecule has 0 radical (unpaired) electrons. The van der Waals surface area contributed by atoms with E-state index < -0.39 is 40.6 Å². The molecule has 2 rings (SSSR count). The Bertz CT molecular complexity index is 998. The van der Waals surface area contributed by atoms with Crippen LogP contribution in [0.15, 0.2) is 35.3 Å². The molecule has 8 nitrogen and oxygen atoms in total. The van der Waals surface area contributed by atoms with E-state index in [1.54, 1.807) is 52.0 Å². The number of carbonyl (C=O) groups is 1. The first-order chi connectivity index (χ1) is 15.3. The quantitative estimate of drug-likeness (QED) is 0.560. The van der Waals surface area contributed by atoms with Crippen molar-refractivity contribution in [1.82, 2.24) is 9.78 Å². The number of hydrogen-bond acceptors (Lipinski definition) is 7. The third-order valence-electron chi connectivity index (χ3n) is 4.23. The van der Waals surface area contributed by atoms with Crippen molar-refractivity contribution in [2.75, 3.05) is 25.6 Å². The van der Waals surface area contributed by atoms with Gasteiger partial charge in [-0.2, -0.15) is 18.3 Å². The molecule has 0 aliphatic heterocycles. The number of hydrogen-bond donors (Lipinski definition) is 1. The Kier molecular flexibility index (Phi) is 8.48. The normalized spacial score (nSPS) is 12.8. The predicted molar refractivity (Wildman–Crippen MR) is 115 cm³/mol. The maximum atomic E-state index is 13.7. The summed E-state index contributed by atoms with van der Waals surface area (Å²) in [5, 5.41) is 6.48. The van der Waals surface area contributed by atoms with Gasteiger partial charge in [0.1, 0.15) is 23.5 Å². The number of nitrogens with one attached hydrogen (secondary N) is 1. The molecule has 1 N–H and O–H groups in total. The van der Waals surface area contributed by atoms with E-state index in [-0.39, 0.29) is 19.8 Å². The fourth-order valence-corrected chi connectivity index (χ4v) is 2.89. The van der Waals surface area contributed by atoms with Crippen LogP contribution in [0.1, 0.15) is 38.8 Å². The molecule has 0 aliphatic rings. The number of aromatic nitrogens is 2. The van der Waals surface area contributed by atoms with Crippen molar-refractivity contribution in [3.8, 4) is 5.75 Å². The van der Waals surface area contributed by atoms with Gasteiger partial charge in [-0.25, -0.2) is 9.48 Å². The van der Waals surface area contributed by atoms with Crippen LogP contribution >= 0.6 is 0 Å². The Morgan fingerprint density at radius 2 is 1.82 bits per heavy atom. The average Bonchev–Trinajstić information content (AvgIpc) is 2.68. The molecule has 11 heteroatoms. The number of nitrogens with zero attached hydrogens (tertiary/aromatic N) is 2. The summed E-state index contributed by atoms with van der Waals surface area (Å²) in [7, 11) is 1.49. The summed E-state index contributed by atoms with van der Waals surface area (Å²) < 4.78 is 57.2. The smallest absolute Gasteiger partial charge is 0.423 e. The number of ether oxygens (including phenoxy) is 3. The highest BCUT2D eigenvalue weighted by atomic mass is 19.4. The number of rotatable bonds is 9. The standard InChI is InChI=1S/C22H28F3N3O5/c1-14(12-32-13-18(29)33-21(2,3)4)27-17-10-26-28(20(30)19(17)22(23,24)25)11-15-6-8-16(31-5)9-7-15/h6-10,14,27H,11-13H2,1-5H3. The topological polar surface area (TPSA) is 91.7 Å². The van der Waals surface area contributed by atoms with Gasteiger partial charge >= 0.3 is 12.1 Å². The van der Waals surface area contributed by atoms with Gasteiger partial charge in [0.15, 0.2) is 0 Å². The Balaban J connectivity index is 2.12. The highest BCUT2D eigenvalue weighted by Gasteiger charge is 2.38. The first kappa shape index (κ1) is 26.2. The minimum atomic E-state index is -4.90. The molecule has 0 saturated heterocycles. The van der Waals surface area contributed by atoms with E-state index in [0.29, 0.717) is 11.3 Å². The lowest BCUT2D eigenvalue weighted by atomic mass is 10.2. The van der Waals surface area contributed by atoms with E-state index in [9.17, 15) is 22.8 Å². The number of carbonyl (C=O) groups excluding carboxylic acids is 1. The van der Waals surface area contributed by atoms with Crippen molar-refractivity contribution in [3.63, 3.8) is 0 Å². The minimum Gasteiger partial charge on any atom is -0.497 e. The molecular weight excluding hydrogens is 443 g/mol. The van der Waals surface area contributed by atoms with Crippen LogP contribution < -0.4 is 15.6 Å². The molecule has 2 aromatic rings. The zero-order valence-corrected chi connectivity index (χ0v) is 19.2. The van der Waals surface area contributed by atoms with E-state index in [0.717, 1.165) is 10.9 Å². The fraction of sp³-hybridized carbons (Fsp3) is 0.500. The molecule has 0 aliphatic carbocycles. The van der Waals surface area contributed by atoms with Gasteiger partial charge < -0.3 is 19.5 Å². The number of esters is 1. The van der Waals surface area contributed by atoms with Crippen molar-refractivity contribution in [2.24, 2.45) is 0 Å². The van der Waals surface area contributed by atoms with Crippen LogP contribution in [0.25, 0.3) is 0 Å². The lowest BCUT2D eigenvalue weighted by Gasteiger charge is -2.21. The van der Waals surface area contributed by atoms with E-state index in [2.05, 4.69) is 10.4 Å². The van der Waals surface area contributed by atoms with Crippen LogP contribution in [0, 0.1) is 0 Å². The first-order valence-corrected chi connectivity index (χ1v) is 10.2. The molecule has 1 heterocycles. The van der Waals surface area contributed by atoms with Crippen LogP contribution in [0.4, 0.5) is 18.9 Å². The van der Waals surface area contributed by atoms with Gasteiger partial charge in [-0.05, 0) is 45.4 Å². The summed E-state index contributed by atoms with van der Waals surface area (Å²) in [6.45, 7) is 6.09. The number of methoxy groups -OCH3 is 1. The lowest BCUT2D eigenvalue weighted by Crippen LogP contribution is -2.34. The fourth-order valence-electron chi connectivity index (χ4n) is 2.89. The van der Waals surface area contributed by atoms with Gasteiger partial charge in [-0.15, -0.1) is 0 Å². The molecule has 1 aromatic carbocycles. The SMILES string of the molecule is COc1ccc(Cn2ncc(NC(C)COCC(=O)OC(C)(C)C)c(C(F)(F)F)c2=O)cc1. The second-order valence-electron chi connectivity index (χ2n) is 8.39. The van der Waals surface area contributed by atoms with Crippen molar-refractivity contribution in [2.45, 2.75) is 52.1 Å². The molecule has 0 bridgehead atoms. The number of benzene rings is 1. The Morgan fingerprint density at radius 1 is 1.18 bits per heavy atom. The third kappa shape index (κ3) is 8.08. The number of anilines is 1. The minimum absolute atomic E-state index is 0.0918. The summed E-state index contributed by atoms with van der Waals surface area (Å²) in [6, 6.07) is 5.90. The lowest BCUT2D eigenvalue weighted by molar-refractivity contribution is -0.160. The largest absolute Gasteiger partial charge is 0.497 e. The molecular formula is C22H28F3N3O5. The predicted octanol–water partition coefficient (Wildman–Crippen LogP) is 3.48. The first-order valence-electron chi connectivity index (χ1n) is 10.2. The van der Waals surface area contributed by atoms with Crippen LogP contribution in [-0.2, 0) is 27.0 Å². The van der Waals surface area contributed by atoms with E-state index >= 15 is 0 Å². The highest BCUT2D eigenvalue weighted by Crippen LogP contribution is 2.32. The summed E-state index contributed by atoms with van der Waals surface area (Å²) in [4.78, 5) is 24.3. The van der Waals surface area contributed by atoms with Crippen molar-refractivity contribution >= 4 is 11.7 Å². The van der Waals surface area contributed by atoms with Gasteiger partial charge in [-0.3, -0.25) is 4.79 Å². The Hall–Kier alpha value is -3.08. The van der Waals surface area contributed by atoms with Crippen LogP contribution in [0.3, 0.4) is 0 Å². The summed E-state index contributed by atoms with van der Waals surface area (Å²) in [6.07, 6.45) is -3.95. The van der Waals surface area contributed by atoms with Crippen molar-refractivity contribution in [3.05, 3.63) is 51.9 Å². The van der Waals surface area contributed by atoms with E-state index in [4.69, 9.17) is 14.2 Å². The van der Waals surface area contributed by atoms with Crippen molar-refractivity contribution < 1.29 is 32.2 Å². The van der Waals surface area contributed by atoms with Gasteiger partial charge in [0, 0.05) is 6.04 Å². The van der Waals surface area contributed by atoms with E-state index in [1.165, 1.54) is 7.11 Å². The number of halogens is 3. The number of alkyl halides is 3. The molecule has 0 saturated carbocycles. The molecule has 0 fully saturated rings. The molecule has 182 valence electrons. The molecule has 0 spiro atoms. The zero-order valence-electron chi connectivity index (χ0n) is 19.2. The molecule has 33 heavy (non-hydrogen) atoms. The summed E-state index contributed by atoms with van der Waals surface area (Å²) >= 11 is 0. The average molecular weight is 471 g/mol. The zero-order chi connectivity index (χ0) is 24.8. The van der Waals surface area contributed by atoms with E-state index in [1.807, 2.05) is 0 Å². The molecule has 1 atom stereocenters. The molecule has 0 amide bonds. The van der Waals surface area contributed by atoms with Crippen LogP contribution in [-0.4, -0.2) is 47.7 Å². The monoisotopic (exact) mass is 471 g/mol.